The summed E-state index contributed by atoms with van der Waals surface area (Å²) in [5, 5.41) is 51.6. The standard InChI is InChI=1S/C4H8N2O6/c7-3(8)1-2-5(11)4(9,10)6(3)12/h1-2,7-12H. The molecule has 0 spiro atoms. The zero-order valence-electron chi connectivity index (χ0n) is 5.73. The van der Waals surface area contributed by atoms with Crippen LogP contribution in [0.3, 0.4) is 0 Å². The normalized spacial score (nSPS) is 27.7. The van der Waals surface area contributed by atoms with Crippen LogP contribution in [-0.4, -0.2) is 52.9 Å². The molecule has 0 radical (unpaired) electrons. The first-order valence-corrected chi connectivity index (χ1v) is 2.85. The van der Waals surface area contributed by atoms with Crippen molar-refractivity contribution in [3.63, 3.8) is 0 Å². The Morgan fingerprint density at radius 1 is 1.00 bits per heavy atom. The Hall–Kier alpha value is -0.740. The first kappa shape index (κ1) is 9.35. The summed E-state index contributed by atoms with van der Waals surface area (Å²) in [5.41, 5.74) is 0. The van der Waals surface area contributed by atoms with E-state index < -0.39 is 17.0 Å². The second-order valence-electron chi connectivity index (χ2n) is 2.26. The van der Waals surface area contributed by atoms with Gasteiger partial charge in [0.1, 0.15) is 0 Å². The minimum absolute atomic E-state index is 0.225. The van der Waals surface area contributed by atoms with Crippen LogP contribution in [0.15, 0.2) is 12.3 Å². The third-order valence-electron chi connectivity index (χ3n) is 1.34. The molecule has 0 aromatic heterocycles. The Labute approximate surface area is 66.3 Å². The van der Waals surface area contributed by atoms with E-state index in [0.29, 0.717) is 12.3 Å². The van der Waals surface area contributed by atoms with Crippen molar-refractivity contribution < 1.29 is 30.8 Å². The maximum absolute atomic E-state index is 8.78. The summed E-state index contributed by atoms with van der Waals surface area (Å²) in [7, 11) is 0. The van der Waals surface area contributed by atoms with Gasteiger partial charge in [-0.1, -0.05) is 5.06 Å². The molecule has 8 heteroatoms. The lowest BCUT2D eigenvalue weighted by Gasteiger charge is -2.42. The molecule has 8 nitrogen and oxygen atoms in total. The maximum atomic E-state index is 8.78. The van der Waals surface area contributed by atoms with Crippen LogP contribution in [-0.2, 0) is 0 Å². The fraction of sp³-hybridized carbons (Fsp3) is 0.500. The molecule has 1 aliphatic heterocycles. The fourth-order valence-electron chi connectivity index (χ4n) is 0.659. The Bertz CT molecular complexity index is 214. The molecule has 1 rings (SSSR count). The van der Waals surface area contributed by atoms with Gasteiger partial charge in [-0.2, -0.15) is 5.06 Å². The Morgan fingerprint density at radius 2 is 1.50 bits per heavy atom. The van der Waals surface area contributed by atoms with Crippen molar-refractivity contribution in [2.24, 2.45) is 0 Å². The maximum Gasteiger partial charge on any atom is 0.364 e. The molecule has 0 atom stereocenters. The molecule has 70 valence electrons. The molecule has 12 heavy (non-hydrogen) atoms. The van der Waals surface area contributed by atoms with Gasteiger partial charge in [0.05, 0.1) is 0 Å². The van der Waals surface area contributed by atoms with E-state index in [2.05, 4.69) is 0 Å². The van der Waals surface area contributed by atoms with E-state index in [0.717, 1.165) is 0 Å². The van der Waals surface area contributed by atoms with E-state index in [1.165, 1.54) is 0 Å². The van der Waals surface area contributed by atoms with E-state index in [1.807, 2.05) is 0 Å². The van der Waals surface area contributed by atoms with Gasteiger partial charge in [-0.05, 0) is 0 Å². The van der Waals surface area contributed by atoms with Crippen molar-refractivity contribution in [1.82, 2.24) is 10.1 Å². The second-order valence-corrected chi connectivity index (χ2v) is 2.26. The predicted octanol–water partition coefficient (Wildman–Crippen LogP) is -2.87. The van der Waals surface area contributed by atoms with Gasteiger partial charge in [0, 0.05) is 12.3 Å². The monoisotopic (exact) mass is 180 g/mol. The topological polar surface area (TPSA) is 128 Å². The van der Waals surface area contributed by atoms with Crippen molar-refractivity contribution in [2.75, 3.05) is 0 Å². The molecule has 0 aromatic carbocycles. The van der Waals surface area contributed by atoms with Crippen LogP contribution < -0.4 is 0 Å². The first-order valence-electron chi connectivity index (χ1n) is 2.85. The van der Waals surface area contributed by atoms with Crippen molar-refractivity contribution in [2.45, 2.75) is 11.9 Å². The largest absolute Gasteiger partial charge is 0.364 e. The van der Waals surface area contributed by atoms with Gasteiger partial charge in [0.2, 0.25) is 0 Å². The highest BCUT2D eigenvalue weighted by atomic mass is 16.8. The zero-order chi connectivity index (χ0) is 9.57. The summed E-state index contributed by atoms with van der Waals surface area (Å²) in [6.07, 6.45) is 1.09. The lowest BCUT2D eigenvalue weighted by molar-refractivity contribution is -0.531. The third-order valence-corrected chi connectivity index (χ3v) is 1.34. The molecule has 0 fully saturated rings. The van der Waals surface area contributed by atoms with Gasteiger partial charge >= 0.3 is 6.03 Å². The van der Waals surface area contributed by atoms with Crippen LogP contribution in [0.2, 0.25) is 0 Å². The van der Waals surface area contributed by atoms with Gasteiger partial charge in [-0.25, -0.2) is 0 Å². The van der Waals surface area contributed by atoms with Crippen LogP contribution in [0, 0.1) is 0 Å². The average Bonchev–Trinajstić information content (AvgIpc) is 1.96. The minimum Gasteiger partial charge on any atom is -0.348 e. The van der Waals surface area contributed by atoms with Crippen LogP contribution in [0.5, 0.6) is 0 Å². The molecule has 0 saturated carbocycles. The average molecular weight is 180 g/mol. The summed E-state index contributed by atoms with van der Waals surface area (Å²) < 4.78 is 0. The van der Waals surface area contributed by atoms with E-state index in [4.69, 9.17) is 30.8 Å². The molecular weight excluding hydrogens is 172 g/mol. The van der Waals surface area contributed by atoms with Crippen molar-refractivity contribution >= 4 is 0 Å². The van der Waals surface area contributed by atoms with E-state index in [9.17, 15) is 0 Å². The van der Waals surface area contributed by atoms with E-state index in [1.54, 1.807) is 0 Å². The van der Waals surface area contributed by atoms with Crippen molar-refractivity contribution in [3.8, 4) is 0 Å². The number of hydrogen-bond donors (Lipinski definition) is 6. The lowest BCUT2D eigenvalue weighted by Crippen LogP contribution is -2.67. The minimum atomic E-state index is -3.28. The highest BCUT2D eigenvalue weighted by molar-refractivity contribution is 4.96. The first-order chi connectivity index (χ1) is 5.28. The summed E-state index contributed by atoms with van der Waals surface area (Å²) in [4.78, 5) is 0. The number of nitrogens with zero attached hydrogens (tertiary/aromatic N) is 2. The Balaban J connectivity index is 3.02. The third kappa shape index (κ3) is 1.17. The lowest BCUT2D eigenvalue weighted by atomic mass is 10.4. The summed E-state index contributed by atoms with van der Waals surface area (Å²) >= 11 is 0. The highest BCUT2D eigenvalue weighted by Gasteiger charge is 2.50. The van der Waals surface area contributed by atoms with Crippen molar-refractivity contribution in [3.05, 3.63) is 12.3 Å². The van der Waals surface area contributed by atoms with E-state index >= 15 is 0 Å². The van der Waals surface area contributed by atoms with Crippen LogP contribution >= 0.6 is 0 Å². The van der Waals surface area contributed by atoms with Crippen LogP contribution in [0.4, 0.5) is 0 Å². The summed E-state index contributed by atoms with van der Waals surface area (Å²) in [6, 6.07) is -3.28. The molecule has 6 N–H and O–H groups in total. The second kappa shape index (κ2) is 2.37. The van der Waals surface area contributed by atoms with Gasteiger partial charge in [0.15, 0.2) is 0 Å². The molecule has 0 bridgehead atoms. The van der Waals surface area contributed by atoms with E-state index in [-0.39, 0.29) is 5.06 Å². The smallest absolute Gasteiger partial charge is 0.348 e. The molecule has 0 aromatic rings. The van der Waals surface area contributed by atoms with Crippen molar-refractivity contribution in [1.29, 1.82) is 0 Å². The predicted molar refractivity (Wildman–Crippen MR) is 30.7 cm³/mol. The number of hydroxylamine groups is 4. The van der Waals surface area contributed by atoms with Gasteiger partial charge in [0.25, 0.3) is 5.91 Å². The van der Waals surface area contributed by atoms with Gasteiger partial charge in [-0.15, -0.1) is 0 Å². The van der Waals surface area contributed by atoms with Crippen LogP contribution in [0.25, 0.3) is 0 Å². The number of rotatable bonds is 0. The fourth-order valence-corrected chi connectivity index (χ4v) is 0.659. The summed E-state index contributed by atoms with van der Waals surface area (Å²) in [6.45, 7) is 0. The van der Waals surface area contributed by atoms with Crippen LogP contribution in [0.1, 0.15) is 0 Å². The molecule has 0 aliphatic carbocycles. The molecule has 1 heterocycles. The highest BCUT2D eigenvalue weighted by Crippen LogP contribution is 2.24. The van der Waals surface area contributed by atoms with Gasteiger partial charge in [-0.3, -0.25) is 5.21 Å². The quantitative estimate of drug-likeness (QED) is 0.219. The Morgan fingerprint density at radius 3 is 1.92 bits per heavy atom. The molecule has 1 aliphatic rings. The zero-order valence-corrected chi connectivity index (χ0v) is 5.73. The molecule has 0 amide bonds. The molecule has 0 saturated heterocycles. The molecular formula is C4H8N2O6. The SMILES string of the molecule is ON1C=CC(O)(O)N(O)C1(O)O. The number of hydrogen-bond acceptors (Lipinski definition) is 8. The Kier molecular flexibility index (Phi) is 1.85. The molecule has 0 unspecified atom stereocenters. The van der Waals surface area contributed by atoms with Gasteiger partial charge < -0.3 is 25.6 Å². The summed E-state index contributed by atoms with van der Waals surface area (Å²) in [5.74, 6) is -2.94. The number of aliphatic hydroxyl groups is 4.